The topological polar surface area (TPSA) is 45.1 Å². The van der Waals surface area contributed by atoms with Crippen LogP contribution >= 0.6 is 23.2 Å². The van der Waals surface area contributed by atoms with E-state index in [1.54, 1.807) is 0 Å². The molecule has 0 bridgehead atoms. The molecular formula is C8H7Cl2F3N2O. The quantitative estimate of drug-likeness (QED) is 0.891. The largest absolute Gasteiger partial charge is 0.416 e. The van der Waals surface area contributed by atoms with E-state index in [0.29, 0.717) is 0 Å². The molecule has 0 fully saturated rings. The Labute approximate surface area is 99.2 Å². The van der Waals surface area contributed by atoms with Crippen molar-refractivity contribution in [1.82, 2.24) is 4.98 Å². The van der Waals surface area contributed by atoms with E-state index >= 15 is 0 Å². The fraction of sp³-hybridized carbons (Fsp3) is 0.375. The third-order valence-electron chi connectivity index (χ3n) is 1.65. The lowest BCUT2D eigenvalue weighted by molar-refractivity contribution is -0.198. The van der Waals surface area contributed by atoms with Crippen molar-refractivity contribution in [3.63, 3.8) is 0 Å². The van der Waals surface area contributed by atoms with Gasteiger partial charge in [0.2, 0.25) is 0 Å². The summed E-state index contributed by atoms with van der Waals surface area (Å²) >= 11 is 11.2. The van der Waals surface area contributed by atoms with Crippen LogP contribution in [-0.2, 0) is 0 Å². The zero-order valence-electron chi connectivity index (χ0n) is 7.72. The Morgan fingerprint density at radius 1 is 1.44 bits per heavy atom. The summed E-state index contributed by atoms with van der Waals surface area (Å²) in [5, 5.41) is 11.3. The lowest BCUT2D eigenvalue weighted by Crippen LogP contribution is -2.35. The Bertz CT molecular complexity index is 373. The molecule has 0 radical (unpaired) electrons. The van der Waals surface area contributed by atoms with Gasteiger partial charge in [-0.05, 0) is 6.07 Å². The Kier molecular flexibility index (Phi) is 4.23. The van der Waals surface area contributed by atoms with Gasteiger partial charge in [0.05, 0.1) is 16.6 Å². The van der Waals surface area contributed by atoms with Gasteiger partial charge in [-0.1, -0.05) is 23.2 Å². The number of aliphatic hydroxyl groups excluding tert-OH is 1. The van der Waals surface area contributed by atoms with E-state index in [9.17, 15) is 13.2 Å². The van der Waals surface area contributed by atoms with E-state index in [1.807, 2.05) is 0 Å². The van der Waals surface area contributed by atoms with Crippen LogP contribution in [0.2, 0.25) is 10.0 Å². The smallest absolute Gasteiger partial charge is 0.382 e. The zero-order chi connectivity index (χ0) is 12.3. The predicted molar refractivity (Wildman–Crippen MR) is 54.8 cm³/mol. The van der Waals surface area contributed by atoms with Crippen LogP contribution in [0.5, 0.6) is 0 Å². The molecule has 16 heavy (non-hydrogen) atoms. The zero-order valence-corrected chi connectivity index (χ0v) is 9.24. The van der Waals surface area contributed by atoms with Crippen molar-refractivity contribution < 1.29 is 18.3 Å². The van der Waals surface area contributed by atoms with E-state index in [2.05, 4.69) is 10.3 Å². The molecule has 0 aromatic carbocycles. The third kappa shape index (κ3) is 3.70. The number of rotatable bonds is 3. The highest BCUT2D eigenvalue weighted by Crippen LogP contribution is 2.24. The Hall–Kier alpha value is -0.720. The molecule has 90 valence electrons. The van der Waals surface area contributed by atoms with Gasteiger partial charge in [-0.15, -0.1) is 0 Å². The SMILES string of the molecule is OC(CNc1ncc(Cl)cc1Cl)C(F)(F)F. The number of anilines is 1. The summed E-state index contributed by atoms with van der Waals surface area (Å²) in [5.41, 5.74) is 0. The second-order valence-electron chi connectivity index (χ2n) is 2.92. The Morgan fingerprint density at radius 2 is 2.06 bits per heavy atom. The second-order valence-corrected chi connectivity index (χ2v) is 3.77. The lowest BCUT2D eigenvalue weighted by atomic mass is 10.3. The van der Waals surface area contributed by atoms with Gasteiger partial charge in [0.15, 0.2) is 6.10 Å². The first-order chi connectivity index (χ1) is 7.30. The number of halogens is 5. The first-order valence-corrected chi connectivity index (χ1v) is 4.86. The highest BCUT2D eigenvalue weighted by atomic mass is 35.5. The van der Waals surface area contributed by atoms with Gasteiger partial charge in [-0.25, -0.2) is 4.98 Å². The fourth-order valence-corrected chi connectivity index (χ4v) is 1.30. The number of nitrogens with zero attached hydrogens (tertiary/aromatic N) is 1. The van der Waals surface area contributed by atoms with Crippen molar-refractivity contribution in [3.05, 3.63) is 22.3 Å². The van der Waals surface area contributed by atoms with Gasteiger partial charge >= 0.3 is 6.18 Å². The van der Waals surface area contributed by atoms with Crippen LogP contribution in [0, 0.1) is 0 Å². The molecule has 3 nitrogen and oxygen atoms in total. The molecule has 0 saturated heterocycles. The van der Waals surface area contributed by atoms with Gasteiger partial charge in [-0.3, -0.25) is 0 Å². The molecule has 0 aliphatic rings. The van der Waals surface area contributed by atoms with Crippen LogP contribution in [-0.4, -0.2) is 28.9 Å². The van der Waals surface area contributed by atoms with E-state index in [4.69, 9.17) is 28.3 Å². The van der Waals surface area contributed by atoms with Crippen LogP contribution in [0.1, 0.15) is 0 Å². The molecule has 0 aliphatic heterocycles. The first kappa shape index (κ1) is 13.3. The van der Waals surface area contributed by atoms with Crippen LogP contribution in [0.25, 0.3) is 0 Å². The molecule has 1 rings (SSSR count). The maximum absolute atomic E-state index is 12.0. The highest BCUT2D eigenvalue weighted by Gasteiger charge is 2.37. The number of aliphatic hydroxyl groups is 1. The maximum atomic E-state index is 12.0. The third-order valence-corrected chi connectivity index (χ3v) is 2.14. The van der Waals surface area contributed by atoms with Gasteiger partial charge < -0.3 is 10.4 Å². The molecule has 1 aromatic heterocycles. The molecule has 0 spiro atoms. The standard InChI is InChI=1S/C8H7Cl2F3N2O/c9-4-1-5(10)7(14-2-4)15-3-6(16)8(11,12)13/h1-2,6,16H,3H2,(H,14,15). The van der Waals surface area contributed by atoms with Crippen LogP contribution in [0.15, 0.2) is 12.3 Å². The minimum absolute atomic E-state index is 0.0365. The number of hydrogen-bond donors (Lipinski definition) is 2. The minimum atomic E-state index is -4.67. The normalized spacial score (nSPS) is 13.6. The highest BCUT2D eigenvalue weighted by molar-refractivity contribution is 6.35. The molecule has 8 heteroatoms. The number of pyridine rings is 1. The molecule has 1 aromatic rings. The summed E-state index contributed by atoms with van der Waals surface area (Å²) in [5.74, 6) is 0.0365. The van der Waals surface area contributed by atoms with Crippen molar-refractivity contribution >= 4 is 29.0 Å². The van der Waals surface area contributed by atoms with E-state index in [1.165, 1.54) is 12.3 Å². The summed E-state index contributed by atoms with van der Waals surface area (Å²) in [4.78, 5) is 3.68. The lowest BCUT2D eigenvalue weighted by Gasteiger charge is -2.15. The van der Waals surface area contributed by atoms with E-state index in [0.717, 1.165) is 0 Å². The average molecular weight is 275 g/mol. The number of nitrogens with one attached hydrogen (secondary N) is 1. The van der Waals surface area contributed by atoms with Crippen LogP contribution in [0.4, 0.5) is 19.0 Å². The van der Waals surface area contributed by atoms with E-state index in [-0.39, 0.29) is 15.9 Å². The summed E-state index contributed by atoms with van der Waals surface area (Å²) in [7, 11) is 0. The molecular weight excluding hydrogens is 268 g/mol. The van der Waals surface area contributed by atoms with Gasteiger partial charge in [0, 0.05) is 6.20 Å². The molecule has 0 saturated carbocycles. The average Bonchev–Trinajstić information content (AvgIpc) is 2.14. The molecule has 1 unspecified atom stereocenters. The van der Waals surface area contributed by atoms with Crippen molar-refractivity contribution in [2.24, 2.45) is 0 Å². The summed E-state index contributed by atoms with van der Waals surface area (Å²) < 4.78 is 35.9. The number of alkyl halides is 3. The molecule has 0 amide bonds. The van der Waals surface area contributed by atoms with Crippen molar-refractivity contribution in [3.8, 4) is 0 Å². The summed E-state index contributed by atoms with van der Waals surface area (Å²) in [6, 6.07) is 1.33. The van der Waals surface area contributed by atoms with Crippen LogP contribution < -0.4 is 5.32 Å². The van der Waals surface area contributed by atoms with E-state index < -0.39 is 18.8 Å². The molecule has 1 atom stereocenters. The van der Waals surface area contributed by atoms with Crippen molar-refractivity contribution in [1.29, 1.82) is 0 Å². The minimum Gasteiger partial charge on any atom is -0.382 e. The Morgan fingerprint density at radius 3 is 2.56 bits per heavy atom. The molecule has 0 aliphatic carbocycles. The molecule has 2 N–H and O–H groups in total. The fourth-order valence-electron chi connectivity index (χ4n) is 0.854. The van der Waals surface area contributed by atoms with Gasteiger partial charge in [0.1, 0.15) is 5.82 Å². The Balaban J connectivity index is 2.62. The van der Waals surface area contributed by atoms with Gasteiger partial charge in [-0.2, -0.15) is 13.2 Å². The van der Waals surface area contributed by atoms with Crippen LogP contribution in [0.3, 0.4) is 0 Å². The first-order valence-electron chi connectivity index (χ1n) is 4.10. The molecule has 1 heterocycles. The number of hydrogen-bond acceptors (Lipinski definition) is 3. The maximum Gasteiger partial charge on any atom is 0.416 e. The second kappa shape index (κ2) is 5.07. The predicted octanol–water partition coefficient (Wildman–Crippen LogP) is 2.72. The summed E-state index contributed by atoms with van der Waals surface area (Å²) in [6.07, 6.45) is -5.91. The summed E-state index contributed by atoms with van der Waals surface area (Å²) in [6.45, 7) is -0.724. The number of aromatic nitrogens is 1. The van der Waals surface area contributed by atoms with Crippen molar-refractivity contribution in [2.45, 2.75) is 12.3 Å². The van der Waals surface area contributed by atoms with Gasteiger partial charge in [0.25, 0.3) is 0 Å². The van der Waals surface area contributed by atoms with Crippen molar-refractivity contribution in [2.75, 3.05) is 11.9 Å². The monoisotopic (exact) mass is 274 g/mol.